The van der Waals surface area contributed by atoms with Crippen molar-refractivity contribution in [1.29, 1.82) is 0 Å². The fourth-order valence-electron chi connectivity index (χ4n) is 2.00. The molecule has 1 amide bonds. The number of carbonyl (C=O) groups excluding carboxylic acids is 1. The van der Waals surface area contributed by atoms with Crippen LogP contribution in [0.25, 0.3) is 0 Å². The molecule has 7 nitrogen and oxygen atoms in total. The van der Waals surface area contributed by atoms with Gasteiger partial charge in [0, 0.05) is 31.8 Å². The number of aryl methyl sites for hydroxylation is 1. The number of guanidine groups is 1. The third-order valence-electron chi connectivity index (χ3n) is 3.60. The van der Waals surface area contributed by atoms with E-state index in [9.17, 15) is 4.79 Å². The van der Waals surface area contributed by atoms with Gasteiger partial charge in [0.15, 0.2) is 5.96 Å². The van der Waals surface area contributed by atoms with Crippen molar-refractivity contribution < 1.29 is 4.79 Å². The quantitative estimate of drug-likeness (QED) is 0.338. The van der Waals surface area contributed by atoms with Crippen molar-refractivity contribution >= 4 is 51.8 Å². The highest BCUT2D eigenvalue weighted by molar-refractivity contribution is 14.0. The van der Waals surface area contributed by atoms with Crippen LogP contribution in [0.2, 0.25) is 0 Å². The second-order valence-corrected chi connectivity index (χ2v) is 6.65. The van der Waals surface area contributed by atoms with Gasteiger partial charge in [-0.1, -0.05) is 28.1 Å². The average Bonchev–Trinajstić information content (AvgIpc) is 3.00. The molecule has 2 N–H and O–H groups in total. The predicted octanol–water partition coefficient (Wildman–Crippen LogP) is 2.12. The van der Waals surface area contributed by atoms with E-state index in [2.05, 4.69) is 36.7 Å². The lowest BCUT2D eigenvalue weighted by atomic mass is 10.2. The third-order valence-corrected chi connectivity index (χ3v) is 4.13. The first-order chi connectivity index (χ1) is 12.0. The van der Waals surface area contributed by atoms with Crippen LogP contribution in [0.5, 0.6) is 0 Å². The van der Waals surface area contributed by atoms with E-state index < -0.39 is 0 Å². The third kappa shape index (κ3) is 7.32. The monoisotopic (exact) mass is 534 g/mol. The lowest BCUT2D eigenvalue weighted by Crippen LogP contribution is -2.42. The lowest BCUT2D eigenvalue weighted by Gasteiger charge is -2.15. The minimum Gasteiger partial charge on any atom is -0.351 e. The minimum atomic E-state index is -0.0151. The number of carbonyl (C=O) groups is 1. The Morgan fingerprint density at radius 2 is 1.92 bits per heavy atom. The molecule has 0 aliphatic heterocycles. The van der Waals surface area contributed by atoms with Gasteiger partial charge in [0.1, 0.15) is 0 Å². The van der Waals surface area contributed by atoms with E-state index in [1.165, 1.54) is 0 Å². The fourth-order valence-corrected chi connectivity index (χ4v) is 2.27. The largest absolute Gasteiger partial charge is 0.351 e. The molecular formula is C17H24BrIN6O. The molecule has 0 bridgehead atoms. The molecule has 1 heterocycles. The highest BCUT2D eigenvalue weighted by Crippen LogP contribution is 2.11. The van der Waals surface area contributed by atoms with Gasteiger partial charge in [-0.05, 0) is 23.8 Å². The summed E-state index contributed by atoms with van der Waals surface area (Å²) in [5, 5.41) is 10.5. The molecule has 0 aliphatic carbocycles. The number of nitrogens with one attached hydrogen (secondary N) is 2. The number of nitrogens with zero attached hydrogens (tertiary/aromatic N) is 4. The van der Waals surface area contributed by atoms with Crippen LogP contribution in [0.15, 0.2) is 46.0 Å². The van der Waals surface area contributed by atoms with Crippen LogP contribution < -0.4 is 10.6 Å². The fraction of sp³-hybridized carbons (Fsp3) is 0.353. The van der Waals surface area contributed by atoms with Crippen LogP contribution in [-0.2, 0) is 24.9 Å². The van der Waals surface area contributed by atoms with Crippen LogP contribution in [0.1, 0.15) is 11.3 Å². The molecule has 2 aromatic rings. The molecule has 0 atom stereocenters. The summed E-state index contributed by atoms with van der Waals surface area (Å²) in [5.74, 6) is 0.568. The summed E-state index contributed by atoms with van der Waals surface area (Å²) in [7, 11) is 5.34. The summed E-state index contributed by atoms with van der Waals surface area (Å²) in [6, 6.07) is 9.92. The Labute approximate surface area is 179 Å². The molecule has 9 heteroatoms. The topological polar surface area (TPSA) is 74.6 Å². The van der Waals surface area contributed by atoms with Crippen molar-refractivity contribution in [3.8, 4) is 0 Å². The number of benzene rings is 1. The summed E-state index contributed by atoms with van der Waals surface area (Å²) < 4.78 is 2.83. The van der Waals surface area contributed by atoms with Crippen molar-refractivity contribution in [3.05, 3.63) is 52.3 Å². The van der Waals surface area contributed by atoms with E-state index in [1.807, 2.05) is 37.4 Å². The normalized spacial score (nSPS) is 10.8. The van der Waals surface area contributed by atoms with Crippen LogP contribution in [0, 0.1) is 0 Å². The maximum atomic E-state index is 11.8. The number of likely N-dealkylation sites (N-methyl/N-ethyl adjacent to an activating group) is 1. The van der Waals surface area contributed by atoms with Gasteiger partial charge < -0.3 is 15.5 Å². The van der Waals surface area contributed by atoms with E-state index in [0.717, 1.165) is 15.7 Å². The van der Waals surface area contributed by atoms with Crippen molar-refractivity contribution in [2.75, 3.05) is 20.6 Å². The number of rotatable bonds is 6. The molecule has 0 aliphatic rings. The standard InChI is InChI=1S/C17H23BrN6O.HI/c1-23(2)16(25)12-21-17(20-11-15-8-9-22-24(15)3)19-10-13-4-6-14(18)7-5-13;/h4-9H,10-12H2,1-3H3,(H2,19,20,21);1H. The summed E-state index contributed by atoms with van der Waals surface area (Å²) in [4.78, 5) is 17.9. The first-order valence-corrected chi connectivity index (χ1v) is 8.68. The van der Waals surface area contributed by atoms with Gasteiger partial charge in [0.25, 0.3) is 0 Å². The SMILES string of the molecule is CN(C)C(=O)CNC(=NCc1ccc(Br)cc1)NCc1ccnn1C.I. The van der Waals surface area contributed by atoms with Crippen LogP contribution in [0.3, 0.4) is 0 Å². The molecule has 1 aromatic heterocycles. The van der Waals surface area contributed by atoms with E-state index in [4.69, 9.17) is 0 Å². The molecule has 2 rings (SSSR count). The van der Waals surface area contributed by atoms with Crippen molar-refractivity contribution in [1.82, 2.24) is 25.3 Å². The summed E-state index contributed by atoms with van der Waals surface area (Å²) in [6.07, 6.45) is 1.75. The summed E-state index contributed by atoms with van der Waals surface area (Å²) >= 11 is 3.42. The Morgan fingerprint density at radius 1 is 1.23 bits per heavy atom. The number of hydrogen-bond acceptors (Lipinski definition) is 3. The molecule has 0 spiro atoms. The first-order valence-electron chi connectivity index (χ1n) is 7.89. The van der Waals surface area contributed by atoms with Crippen LogP contribution in [-0.4, -0.2) is 47.2 Å². The number of amides is 1. The molecule has 0 saturated carbocycles. The van der Waals surface area contributed by atoms with Gasteiger partial charge in [-0.3, -0.25) is 9.48 Å². The molecule has 0 unspecified atom stereocenters. The molecular weight excluding hydrogens is 511 g/mol. The Kier molecular flexibility index (Phi) is 9.63. The van der Waals surface area contributed by atoms with Crippen LogP contribution >= 0.6 is 39.9 Å². The zero-order valence-electron chi connectivity index (χ0n) is 15.1. The molecule has 0 fully saturated rings. The number of aromatic nitrogens is 2. The van der Waals surface area contributed by atoms with Crippen LogP contribution in [0.4, 0.5) is 0 Å². The van der Waals surface area contributed by atoms with Gasteiger partial charge in [-0.2, -0.15) is 5.10 Å². The second-order valence-electron chi connectivity index (χ2n) is 5.73. The van der Waals surface area contributed by atoms with E-state index in [-0.39, 0.29) is 36.4 Å². The highest BCUT2D eigenvalue weighted by Gasteiger charge is 2.07. The number of halogens is 2. The van der Waals surface area contributed by atoms with Gasteiger partial charge >= 0.3 is 0 Å². The van der Waals surface area contributed by atoms with Gasteiger partial charge in [0.2, 0.25) is 5.91 Å². The average molecular weight is 535 g/mol. The Bertz CT molecular complexity index is 729. The molecule has 142 valence electrons. The Balaban J connectivity index is 0.00000338. The maximum Gasteiger partial charge on any atom is 0.241 e. The first kappa shape index (κ1) is 22.4. The van der Waals surface area contributed by atoms with Gasteiger partial charge in [-0.25, -0.2) is 4.99 Å². The molecule has 26 heavy (non-hydrogen) atoms. The number of hydrogen-bond donors (Lipinski definition) is 2. The van der Waals surface area contributed by atoms with Crippen molar-refractivity contribution in [2.45, 2.75) is 13.1 Å². The highest BCUT2D eigenvalue weighted by atomic mass is 127. The summed E-state index contributed by atoms with van der Waals surface area (Å²) in [5.41, 5.74) is 2.11. The van der Waals surface area contributed by atoms with Crippen molar-refractivity contribution in [2.24, 2.45) is 12.0 Å². The molecule has 0 radical (unpaired) electrons. The van der Waals surface area contributed by atoms with Gasteiger partial charge in [-0.15, -0.1) is 24.0 Å². The minimum absolute atomic E-state index is 0. The smallest absolute Gasteiger partial charge is 0.241 e. The Hall–Kier alpha value is -1.62. The summed E-state index contributed by atoms with van der Waals surface area (Å²) in [6.45, 7) is 1.27. The Morgan fingerprint density at radius 3 is 2.50 bits per heavy atom. The zero-order chi connectivity index (χ0) is 18.2. The molecule has 0 saturated heterocycles. The predicted molar refractivity (Wildman–Crippen MR) is 117 cm³/mol. The van der Waals surface area contributed by atoms with Crippen molar-refractivity contribution in [3.63, 3.8) is 0 Å². The van der Waals surface area contributed by atoms with E-state index in [1.54, 1.807) is 29.9 Å². The lowest BCUT2D eigenvalue weighted by molar-refractivity contribution is -0.127. The number of aliphatic imine (C=N–C) groups is 1. The van der Waals surface area contributed by atoms with E-state index in [0.29, 0.717) is 19.0 Å². The maximum absolute atomic E-state index is 11.8. The van der Waals surface area contributed by atoms with E-state index >= 15 is 0 Å². The molecule has 1 aromatic carbocycles. The van der Waals surface area contributed by atoms with Gasteiger partial charge in [0.05, 0.1) is 25.3 Å². The second kappa shape index (κ2) is 11.2. The zero-order valence-corrected chi connectivity index (χ0v) is 19.0.